The molecular formula is C16H18N2O2S. The second kappa shape index (κ2) is 7.59. The zero-order chi connectivity index (χ0) is 15.1. The summed E-state index contributed by atoms with van der Waals surface area (Å²) >= 11 is 1.33. The third kappa shape index (κ3) is 4.16. The summed E-state index contributed by atoms with van der Waals surface area (Å²) in [6, 6.07) is 13.1. The van der Waals surface area contributed by atoms with Gasteiger partial charge in [0.25, 0.3) is 5.91 Å². The van der Waals surface area contributed by atoms with E-state index in [0.717, 1.165) is 18.4 Å². The molecule has 1 aromatic carbocycles. The molecule has 2 amide bonds. The van der Waals surface area contributed by atoms with E-state index in [0.29, 0.717) is 4.88 Å². The first-order valence-electron chi connectivity index (χ1n) is 6.91. The predicted molar refractivity (Wildman–Crippen MR) is 84.0 cm³/mol. The van der Waals surface area contributed by atoms with Gasteiger partial charge in [-0.25, -0.2) is 0 Å². The number of hydrogen-bond acceptors (Lipinski definition) is 3. The SMILES string of the molecule is CCC[C@H](C(=O)NNC(=O)c1cccs1)c1ccccc1. The highest BCUT2D eigenvalue weighted by Gasteiger charge is 2.20. The first kappa shape index (κ1) is 15.3. The number of carbonyl (C=O) groups is 2. The van der Waals surface area contributed by atoms with Gasteiger partial charge in [0.15, 0.2) is 0 Å². The first-order chi connectivity index (χ1) is 10.2. The second-order valence-corrected chi connectivity index (χ2v) is 5.62. The number of carbonyl (C=O) groups excluding carboxylic acids is 2. The standard InChI is InChI=1S/C16H18N2O2S/c1-2-7-13(12-8-4-3-5-9-12)15(19)17-18-16(20)14-10-6-11-21-14/h3-6,8-11,13H,2,7H2,1H3,(H,17,19)(H,18,20)/t13-/m0/s1. The molecule has 21 heavy (non-hydrogen) atoms. The Labute approximate surface area is 128 Å². The van der Waals surface area contributed by atoms with Gasteiger partial charge in [0, 0.05) is 0 Å². The average Bonchev–Trinajstić information content (AvgIpc) is 3.05. The number of amides is 2. The van der Waals surface area contributed by atoms with Crippen molar-refractivity contribution in [3.8, 4) is 0 Å². The van der Waals surface area contributed by atoms with Crippen LogP contribution >= 0.6 is 11.3 Å². The molecule has 0 aliphatic rings. The molecule has 5 heteroatoms. The minimum Gasteiger partial charge on any atom is -0.273 e. The van der Waals surface area contributed by atoms with Crippen LogP contribution in [-0.4, -0.2) is 11.8 Å². The van der Waals surface area contributed by atoms with Crippen LogP contribution < -0.4 is 10.9 Å². The molecule has 0 radical (unpaired) electrons. The van der Waals surface area contributed by atoms with E-state index in [1.807, 2.05) is 42.6 Å². The number of nitrogens with one attached hydrogen (secondary N) is 2. The Kier molecular flexibility index (Phi) is 5.51. The van der Waals surface area contributed by atoms with E-state index < -0.39 is 0 Å². The van der Waals surface area contributed by atoms with E-state index in [9.17, 15) is 9.59 Å². The molecule has 4 nitrogen and oxygen atoms in total. The van der Waals surface area contributed by atoms with Crippen LogP contribution in [0.4, 0.5) is 0 Å². The fraction of sp³-hybridized carbons (Fsp3) is 0.250. The van der Waals surface area contributed by atoms with Crippen LogP contribution in [-0.2, 0) is 4.79 Å². The molecule has 2 N–H and O–H groups in total. The number of hydrazine groups is 1. The van der Waals surface area contributed by atoms with Crippen molar-refractivity contribution in [2.45, 2.75) is 25.7 Å². The summed E-state index contributed by atoms with van der Waals surface area (Å²) in [5, 5.41) is 1.82. The third-order valence-electron chi connectivity index (χ3n) is 3.14. The number of hydrogen-bond donors (Lipinski definition) is 2. The maximum Gasteiger partial charge on any atom is 0.279 e. The van der Waals surface area contributed by atoms with E-state index in [4.69, 9.17) is 0 Å². The molecule has 0 unspecified atom stereocenters. The van der Waals surface area contributed by atoms with Gasteiger partial charge >= 0.3 is 0 Å². The van der Waals surface area contributed by atoms with Crippen molar-refractivity contribution >= 4 is 23.2 Å². The lowest BCUT2D eigenvalue weighted by atomic mass is 9.94. The number of benzene rings is 1. The minimum atomic E-state index is -0.290. The van der Waals surface area contributed by atoms with Gasteiger partial charge in [-0.15, -0.1) is 11.3 Å². The van der Waals surface area contributed by atoms with E-state index in [-0.39, 0.29) is 17.7 Å². The predicted octanol–water partition coefficient (Wildman–Crippen LogP) is 3.09. The van der Waals surface area contributed by atoms with Gasteiger partial charge in [-0.2, -0.15) is 0 Å². The van der Waals surface area contributed by atoms with Gasteiger partial charge in [-0.05, 0) is 23.4 Å². The average molecular weight is 302 g/mol. The molecule has 0 spiro atoms. The summed E-state index contributed by atoms with van der Waals surface area (Å²) in [6.45, 7) is 2.04. The highest BCUT2D eigenvalue weighted by Crippen LogP contribution is 2.21. The van der Waals surface area contributed by atoms with E-state index in [1.54, 1.807) is 12.1 Å². The van der Waals surface area contributed by atoms with Crippen LogP contribution in [0, 0.1) is 0 Å². The fourth-order valence-electron chi connectivity index (χ4n) is 2.10. The molecule has 110 valence electrons. The molecule has 2 rings (SSSR count). The van der Waals surface area contributed by atoms with E-state index >= 15 is 0 Å². The van der Waals surface area contributed by atoms with E-state index in [1.165, 1.54) is 11.3 Å². The van der Waals surface area contributed by atoms with Crippen LogP contribution in [0.3, 0.4) is 0 Å². The van der Waals surface area contributed by atoms with Gasteiger partial charge in [0.2, 0.25) is 5.91 Å². The zero-order valence-corrected chi connectivity index (χ0v) is 12.7. The maximum atomic E-state index is 12.3. The molecule has 0 saturated carbocycles. The summed E-state index contributed by atoms with van der Waals surface area (Å²) in [7, 11) is 0. The number of rotatable bonds is 5. The molecule has 0 fully saturated rings. The normalized spacial score (nSPS) is 11.7. The highest BCUT2D eigenvalue weighted by atomic mass is 32.1. The van der Waals surface area contributed by atoms with Crippen LogP contribution in [0.5, 0.6) is 0 Å². The second-order valence-electron chi connectivity index (χ2n) is 4.67. The lowest BCUT2D eigenvalue weighted by Gasteiger charge is -2.16. The first-order valence-corrected chi connectivity index (χ1v) is 7.79. The Hall–Kier alpha value is -2.14. The largest absolute Gasteiger partial charge is 0.279 e. The summed E-state index contributed by atoms with van der Waals surface area (Å²) < 4.78 is 0. The molecule has 0 aliphatic carbocycles. The monoisotopic (exact) mass is 302 g/mol. The Balaban J connectivity index is 1.98. The van der Waals surface area contributed by atoms with Gasteiger partial charge in [-0.1, -0.05) is 49.7 Å². The summed E-state index contributed by atoms with van der Waals surface area (Å²) in [5.41, 5.74) is 5.95. The van der Waals surface area contributed by atoms with Gasteiger partial charge in [-0.3, -0.25) is 20.4 Å². The molecule has 0 aliphatic heterocycles. The smallest absolute Gasteiger partial charge is 0.273 e. The molecule has 1 heterocycles. The Morgan fingerprint density at radius 2 is 1.86 bits per heavy atom. The van der Waals surface area contributed by atoms with Crippen LogP contribution in [0.15, 0.2) is 47.8 Å². The van der Waals surface area contributed by atoms with Gasteiger partial charge in [0.1, 0.15) is 0 Å². The van der Waals surface area contributed by atoms with Crippen molar-refractivity contribution in [3.63, 3.8) is 0 Å². The lowest BCUT2D eigenvalue weighted by molar-refractivity contribution is -0.123. The lowest BCUT2D eigenvalue weighted by Crippen LogP contribution is -2.43. The van der Waals surface area contributed by atoms with Gasteiger partial charge < -0.3 is 0 Å². The summed E-state index contributed by atoms with van der Waals surface area (Å²) in [4.78, 5) is 24.7. The van der Waals surface area contributed by atoms with Crippen molar-refractivity contribution in [3.05, 3.63) is 58.3 Å². The van der Waals surface area contributed by atoms with E-state index in [2.05, 4.69) is 10.9 Å². The quantitative estimate of drug-likeness (QED) is 0.834. The molecule has 2 aromatic rings. The number of thiophene rings is 1. The zero-order valence-electron chi connectivity index (χ0n) is 11.8. The minimum absolute atomic E-state index is 0.187. The summed E-state index contributed by atoms with van der Waals surface area (Å²) in [6.07, 6.45) is 1.64. The van der Waals surface area contributed by atoms with Crippen molar-refractivity contribution < 1.29 is 9.59 Å². The Bertz CT molecular complexity index is 582. The molecule has 1 aromatic heterocycles. The van der Waals surface area contributed by atoms with Crippen molar-refractivity contribution in [1.82, 2.24) is 10.9 Å². The Morgan fingerprint density at radius 1 is 1.10 bits per heavy atom. The van der Waals surface area contributed by atoms with Crippen LogP contribution in [0.2, 0.25) is 0 Å². The molecule has 0 bridgehead atoms. The van der Waals surface area contributed by atoms with Crippen molar-refractivity contribution in [2.75, 3.05) is 0 Å². The van der Waals surface area contributed by atoms with Crippen LogP contribution in [0.1, 0.15) is 40.9 Å². The maximum absolute atomic E-state index is 12.3. The van der Waals surface area contributed by atoms with Crippen LogP contribution in [0.25, 0.3) is 0 Å². The summed E-state index contributed by atoms with van der Waals surface area (Å²) in [5.74, 6) is -0.727. The fourth-order valence-corrected chi connectivity index (χ4v) is 2.72. The molecule has 0 saturated heterocycles. The third-order valence-corrected chi connectivity index (χ3v) is 4.01. The topological polar surface area (TPSA) is 58.2 Å². The Morgan fingerprint density at radius 3 is 2.48 bits per heavy atom. The molecular weight excluding hydrogens is 284 g/mol. The van der Waals surface area contributed by atoms with Crippen molar-refractivity contribution in [2.24, 2.45) is 0 Å². The molecule has 1 atom stereocenters. The van der Waals surface area contributed by atoms with Gasteiger partial charge in [0.05, 0.1) is 10.8 Å². The highest BCUT2D eigenvalue weighted by molar-refractivity contribution is 7.12. The van der Waals surface area contributed by atoms with Crippen molar-refractivity contribution in [1.29, 1.82) is 0 Å².